The zero-order valence-corrected chi connectivity index (χ0v) is 14.1. The molecule has 6 nitrogen and oxygen atoms in total. The van der Waals surface area contributed by atoms with Crippen LogP contribution in [-0.4, -0.2) is 29.2 Å². The lowest BCUT2D eigenvalue weighted by molar-refractivity contribution is -0.114. The number of aromatic nitrogens is 2. The molecule has 0 saturated carbocycles. The Balaban J connectivity index is 1.60. The van der Waals surface area contributed by atoms with Crippen LogP contribution in [0.2, 0.25) is 0 Å². The topological polar surface area (TPSA) is 70.2 Å². The Kier molecular flexibility index (Phi) is 4.93. The molecular formula is C18H23N5O. The maximum absolute atomic E-state index is 11.0. The van der Waals surface area contributed by atoms with Crippen LogP contribution in [0.25, 0.3) is 0 Å². The molecule has 2 N–H and O–H groups in total. The van der Waals surface area contributed by atoms with Crippen LogP contribution in [0.1, 0.15) is 26.7 Å². The van der Waals surface area contributed by atoms with E-state index in [1.165, 1.54) is 25.5 Å². The van der Waals surface area contributed by atoms with Crippen molar-refractivity contribution in [3.05, 3.63) is 36.4 Å². The van der Waals surface area contributed by atoms with Gasteiger partial charge in [0.25, 0.3) is 0 Å². The molecule has 0 unspecified atom stereocenters. The predicted molar refractivity (Wildman–Crippen MR) is 96.7 cm³/mol. The molecule has 24 heavy (non-hydrogen) atoms. The first-order valence-electron chi connectivity index (χ1n) is 8.33. The summed E-state index contributed by atoms with van der Waals surface area (Å²) in [6.45, 7) is 6.02. The second-order valence-corrected chi connectivity index (χ2v) is 6.33. The average molecular weight is 325 g/mol. The zero-order valence-electron chi connectivity index (χ0n) is 14.1. The van der Waals surface area contributed by atoms with Crippen molar-refractivity contribution >= 4 is 28.9 Å². The van der Waals surface area contributed by atoms with E-state index < -0.39 is 0 Å². The molecular weight excluding hydrogens is 302 g/mol. The third kappa shape index (κ3) is 4.22. The van der Waals surface area contributed by atoms with Gasteiger partial charge in [-0.25, -0.2) is 0 Å². The number of amides is 1. The number of anilines is 4. The maximum atomic E-state index is 11.0. The van der Waals surface area contributed by atoms with Crippen molar-refractivity contribution in [3.63, 3.8) is 0 Å². The van der Waals surface area contributed by atoms with Crippen LogP contribution in [0, 0.1) is 5.92 Å². The van der Waals surface area contributed by atoms with Gasteiger partial charge in [-0.1, -0.05) is 6.92 Å². The van der Waals surface area contributed by atoms with Crippen molar-refractivity contribution in [1.29, 1.82) is 0 Å². The van der Waals surface area contributed by atoms with Crippen molar-refractivity contribution in [1.82, 2.24) is 10.2 Å². The van der Waals surface area contributed by atoms with Crippen LogP contribution in [-0.2, 0) is 4.79 Å². The average Bonchev–Trinajstić information content (AvgIpc) is 2.58. The molecule has 1 fully saturated rings. The quantitative estimate of drug-likeness (QED) is 0.901. The van der Waals surface area contributed by atoms with Gasteiger partial charge in [0.1, 0.15) is 0 Å². The minimum absolute atomic E-state index is 0.160. The highest BCUT2D eigenvalue weighted by Gasteiger charge is 2.15. The number of hydrogen-bond acceptors (Lipinski definition) is 5. The Labute approximate surface area is 142 Å². The molecule has 1 aromatic heterocycles. The first kappa shape index (κ1) is 16.2. The lowest BCUT2D eigenvalue weighted by atomic mass is 9.99. The van der Waals surface area contributed by atoms with Gasteiger partial charge in [0.15, 0.2) is 11.6 Å². The minimum atomic E-state index is -0.160. The molecule has 6 heteroatoms. The lowest BCUT2D eigenvalue weighted by Gasteiger charge is -2.32. The lowest BCUT2D eigenvalue weighted by Crippen LogP contribution is -2.32. The van der Waals surface area contributed by atoms with Gasteiger partial charge < -0.3 is 15.5 Å². The molecule has 2 heterocycles. The van der Waals surface area contributed by atoms with E-state index in [0.29, 0.717) is 11.6 Å². The van der Waals surface area contributed by atoms with E-state index in [-0.39, 0.29) is 5.91 Å². The summed E-state index contributed by atoms with van der Waals surface area (Å²) in [7, 11) is 0. The SMILES string of the molecule is CC(=O)Nc1ccc(Nc2ccc(N3CCC(C)CC3)cc2)nn1. The van der Waals surface area contributed by atoms with E-state index >= 15 is 0 Å². The summed E-state index contributed by atoms with van der Waals surface area (Å²) >= 11 is 0. The van der Waals surface area contributed by atoms with Crippen LogP contribution in [0.5, 0.6) is 0 Å². The number of benzene rings is 1. The van der Waals surface area contributed by atoms with Crippen molar-refractivity contribution in [3.8, 4) is 0 Å². The van der Waals surface area contributed by atoms with Crippen molar-refractivity contribution < 1.29 is 4.79 Å². The molecule has 0 atom stereocenters. The predicted octanol–water partition coefficient (Wildman–Crippen LogP) is 3.41. The molecule has 1 amide bonds. The summed E-state index contributed by atoms with van der Waals surface area (Å²) in [5, 5.41) is 13.8. The van der Waals surface area contributed by atoms with E-state index in [9.17, 15) is 4.79 Å². The standard InChI is InChI=1S/C18H23N5O/c1-13-9-11-23(12-10-13)16-5-3-15(4-6-16)20-18-8-7-17(21-22-18)19-14(2)24/h3-8,13H,9-12H2,1-2H3,(H,20,22)(H,19,21,24). The highest BCUT2D eigenvalue weighted by molar-refractivity contribution is 5.87. The third-order valence-corrected chi connectivity index (χ3v) is 4.26. The van der Waals surface area contributed by atoms with E-state index in [4.69, 9.17) is 0 Å². The Morgan fingerprint density at radius 1 is 1.04 bits per heavy atom. The maximum Gasteiger partial charge on any atom is 0.222 e. The first-order valence-corrected chi connectivity index (χ1v) is 8.33. The number of hydrogen-bond donors (Lipinski definition) is 2. The van der Waals surface area contributed by atoms with Crippen LogP contribution in [0.15, 0.2) is 36.4 Å². The van der Waals surface area contributed by atoms with Gasteiger partial charge in [0.05, 0.1) is 0 Å². The Morgan fingerprint density at radius 3 is 2.25 bits per heavy atom. The summed E-state index contributed by atoms with van der Waals surface area (Å²) in [5.41, 5.74) is 2.23. The number of carbonyl (C=O) groups is 1. The summed E-state index contributed by atoms with van der Waals surface area (Å²) in [6, 6.07) is 11.9. The van der Waals surface area contributed by atoms with E-state index in [1.807, 2.05) is 0 Å². The molecule has 1 aliphatic heterocycles. The number of piperidine rings is 1. The molecule has 1 aliphatic rings. The van der Waals surface area contributed by atoms with E-state index in [1.54, 1.807) is 12.1 Å². The Hall–Kier alpha value is -2.63. The Bertz CT molecular complexity index is 676. The number of rotatable bonds is 4. The molecule has 1 aromatic carbocycles. The number of nitrogens with zero attached hydrogens (tertiary/aromatic N) is 3. The highest BCUT2D eigenvalue weighted by atomic mass is 16.1. The summed E-state index contributed by atoms with van der Waals surface area (Å²) in [5.74, 6) is 1.76. The highest BCUT2D eigenvalue weighted by Crippen LogP contribution is 2.25. The second kappa shape index (κ2) is 7.29. The van der Waals surface area contributed by atoms with Crippen LogP contribution < -0.4 is 15.5 Å². The summed E-state index contributed by atoms with van der Waals surface area (Å²) < 4.78 is 0. The molecule has 3 rings (SSSR count). The zero-order chi connectivity index (χ0) is 16.9. The molecule has 2 aromatic rings. The van der Waals surface area contributed by atoms with Crippen LogP contribution >= 0.6 is 0 Å². The second-order valence-electron chi connectivity index (χ2n) is 6.33. The fourth-order valence-electron chi connectivity index (χ4n) is 2.82. The van der Waals surface area contributed by atoms with E-state index in [0.717, 1.165) is 24.7 Å². The molecule has 0 aliphatic carbocycles. The smallest absolute Gasteiger partial charge is 0.222 e. The van der Waals surface area contributed by atoms with Gasteiger partial charge in [-0.15, -0.1) is 10.2 Å². The van der Waals surface area contributed by atoms with Gasteiger partial charge in [0, 0.05) is 31.4 Å². The normalized spacial score (nSPS) is 15.2. The van der Waals surface area contributed by atoms with Gasteiger partial charge >= 0.3 is 0 Å². The molecule has 126 valence electrons. The van der Waals surface area contributed by atoms with Gasteiger partial charge in [-0.3, -0.25) is 4.79 Å². The van der Waals surface area contributed by atoms with Crippen LogP contribution in [0.3, 0.4) is 0 Å². The molecule has 0 radical (unpaired) electrons. The fraction of sp³-hybridized carbons (Fsp3) is 0.389. The summed E-state index contributed by atoms with van der Waals surface area (Å²) in [6.07, 6.45) is 2.52. The third-order valence-electron chi connectivity index (χ3n) is 4.26. The Morgan fingerprint density at radius 2 is 1.67 bits per heavy atom. The monoisotopic (exact) mass is 325 g/mol. The van der Waals surface area contributed by atoms with E-state index in [2.05, 4.69) is 56.9 Å². The fourth-order valence-corrected chi connectivity index (χ4v) is 2.82. The van der Waals surface area contributed by atoms with Crippen molar-refractivity contribution in [2.24, 2.45) is 5.92 Å². The van der Waals surface area contributed by atoms with Crippen molar-refractivity contribution in [2.45, 2.75) is 26.7 Å². The summed E-state index contributed by atoms with van der Waals surface area (Å²) in [4.78, 5) is 13.4. The van der Waals surface area contributed by atoms with Crippen LogP contribution in [0.4, 0.5) is 23.0 Å². The van der Waals surface area contributed by atoms with Gasteiger partial charge in [0.2, 0.25) is 5.91 Å². The van der Waals surface area contributed by atoms with Gasteiger partial charge in [-0.05, 0) is 55.2 Å². The molecule has 1 saturated heterocycles. The minimum Gasteiger partial charge on any atom is -0.372 e. The van der Waals surface area contributed by atoms with Crippen molar-refractivity contribution in [2.75, 3.05) is 28.6 Å². The number of nitrogens with one attached hydrogen (secondary N) is 2. The largest absolute Gasteiger partial charge is 0.372 e. The van der Waals surface area contributed by atoms with Gasteiger partial charge in [-0.2, -0.15) is 0 Å². The molecule has 0 bridgehead atoms. The number of carbonyl (C=O) groups excluding carboxylic acids is 1. The first-order chi connectivity index (χ1) is 11.6. The molecule has 0 spiro atoms.